The van der Waals surface area contributed by atoms with Gasteiger partial charge in [0.1, 0.15) is 6.04 Å². The molecule has 7 nitrogen and oxygen atoms in total. The van der Waals surface area contributed by atoms with Crippen LogP contribution in [0, 0.1) is 11.8 Å². The molecule has 1 saturated heterocycles. The number of aliphatic hydroxyl groups excluding tert-OH is 1. The average Bonchev–Trinajstić information content (AvgIpc) is 3.13. The number of quaternary nitrogens is 1. The molecule has 1 aromatic heterocycles. The summed E-state index contributed by atoms with van der Waals surface area (Å²) >= 11 is 0. The molecule has 1 aromatic carbocycles. The number of nitrogens with zero attached hydrogens (tertiary/aromatic N) is 2. The normalized spacial score (nSPS) is 21.5. The van der Waals surface area contributed by atoms with Crippen molar-refractivity contribution < 1.29 is 19.5 Å². The number of hydrogen-bond acceptors (Lipinski definition) is 5. The molecule has 0 aliphatic carbocycles. The number of methoxy groups -OCH3 is 1. The zero-order valence-corrected chi connectivity index (χ0v) is 19.4. The fourth-order valence-corrected chi connectivity index (χ4v) is 4.63. The van der Waals surface area contributed by atoms with Gasteiger partial charge in [0.2, 0.25) is 5.82 Å². The molecule has 3 rings (SSSR count). The second-order valence-electron chi connectivity index (χ2n) is 9.32. The minimum absolute atomic E-state index is 0.0645. The van der Waals surface area contributed by atoms with Crippen molar-refractivity contribution in [1.29, 1.82) is 0 Å². The zero-order chi connectivity index (χ0) is 22.4. The van der Waals surface area contributed by atoms with Gasteiger partial charge in [0.15, 0.2) is 0 Å². The van der Waals surface area contributed by atoms with Crippen LogP contribution in [0.1, 0.15) is 50.7 Å². The molecule has 0 radical (unpaired) electrons. The van der Waals surface area contributed by atoms with E-state index >= 15 is 0 Å². The van der Waals surface area contributed by atoms with Crippen molar-refractivity contribution in [2.24, 2.45) is 11.8 Å². The lowest BCUT2D eigenvalue weighted by molar-refractivity contribution is -0.846. The number of fused-ring (bicyclic) bond motifs is 1. The van der Waals surface area contributed by atoms with Gasteiger partial charge in [-0.2, -0.15) is 0 Å². The fraction of sp³-hybridized carbons (Fsp3) is 0.667. The largest absolute Gasteiger partial charge is 0.393 e. The minimum atomic E-state index is -0.379. The maximum absolute atomic E-state index is 13.9. The number of amides is 1. The lowest BCUT2D eigenvalue weighted by Crippen LogP contribution is -3.20. The topological polar surface area (TPSA) is 80.8 Å². The van der Waals surface area contributed by atoms with E-state index in [2.05, 4.69) is 23.7 Å². The number of rotatable bonds is 10. The van der Waals surface area contributed by atoms with Crippen LogP contribution in [0.3, 0.4) is 0 Å². The molecule has 1 fully saturated rings. The van der Waals surface area contributed by atoms with Crippen LogP contribution >= 0.6 is 0 Å². The fourth-order valence-electron chi connectivity index (χ4n) is 4.63. The van der Waals surface area contributed by atoms with Gasteiger partial charge in [-0.15, -0.1) is 0 Å². The molecule has 1 amide bonds. The van der Waals surface area contributed by atoms with E-state index < -0.39 is 0 Å². The SMILES string of the molecule is COCCCCn1c(C(=O)[NH+](CC(C)C)C2CNCC(C(C)O)C2)nc2ccccc21. The van der Waals surface area contributed by atoms with Crippen molar-refractivity contribution in [3.05, 3.63) is 30.1 Å². The Kier molecular flexibility index (Phi) is 8.60. The molecule has 7 heteroatoms. The van der Waals surface area contributed by atoms with Crippen LogP contribution in [0.4, 0.5) is 0 Å². The van der Waals surface area contributed by atoms with Gasteiger partial charge in [-0.05, 0) is 31.9 Å². The van der Waals surface area contributed by atoms with E-state index in [4.69, 9.17) is 9.72 Å². The zero-order valence-electron chi connectivity index (χ0n) is 19.4. The first-order valence-corrected chi connectivity index (χ1v) is 11.7. The number of nitrogens with one attached hydrogen (secondary N) is 2. The smallest absolute Gasteiger partial charge is 0.380 e. The summed E-state index contributed by atoms with van der Waals surface area (Å²) in [5.41, 5.74) is 1.88. The van der Waals surface area contributed by atoms with Crippen LogP contribution in [-0.4, -0.2) is 66.1 Å². The maximum Gasteiger partial charge on any atom is 0.380 e. The van der Waals surface area contributed by atoms with Gasteiger partial charge in [-0.25, -0.2) is 9.78 Å². The third kappa shape index (κ3) is 5.92. The van der Waals surface area contributed by atoms with Gasteiger partial charge in [-0.3, -0.25) is 4.90 Å². The van der Waals surface area contributed by atoms with Crippen molar-refractivity contribution in [2.75, 3.05) is 33.4 Å². The first-order chi connectivity index (χ1) is 14.9. The number of aromatic nitrogens is 2. The Morgan fingerprint density at radius 3 is 2.77 bits per heavy atom. The molecule has 3 N–H and O–H groups in total. The molecule has 0 spiro atoms. The molecule has 0 saturated carbocycles. The van der Waals surface area contributed by atoms with Gasteiger partial charge in [0, 0.05) is 51.6 Å². The highest BCUT2D eigenvalue weighted by Gasteiger charge is 2.38. The first kappa shape index (κ1) is 23.9. The van der Waals surface area contributed by atoms with Crippen molar-refractivity contribution in [3.8, 4) is 0 Å². The van der Waals surface area contributed by atoms with Crippen molar-refractivity contribution in [2.45, 2.75) is 58.7 Å². The minimum Gasteiger partial charge on any atom is -0.393 e. The molecule has 4 atom stereocenters. The summed E-state index contributed by atoms with van der Waals surface area (Å²) in [7, 11) is 1.72. The van der Waals surface area contributed by atoms with Gasteiger partial charge in [-0.1, -0.05) is 26.0 Å². The molecule has 2 aromatic rings. The Balaban J connectivity index is 1.91. The number of aliphatic hydroxyl groups is 1. The van der Waals surface area contributed by atoms with Gasteiger partial charge in [0.25, 0.3) is 0 Å². The van der Waals surface area contributed by atoms with Crippen LogP contribution in [0.25, 0.3) is 11.0 Å². The number of hydrogen-bond donors (Lipinski definition) is 3. The lowest BCUT2D eigenvalue weighted by atomic mass is 9.90. The van der Waals surface area contributed by atoms with E-state index in [9.17, 15) is 9.90 Å². The second kappa shape index (κ2) is 11.2. The van der Waals surface area contributed by atoms with E-state index in [1.807, 2.05) is 31.2 Å². The van der Waals surface area contributed by atoms with Crippen molar-refractivity contribution in [3.63, 3.8) is 0 Å². The quantitative estimate of drug-likeness (QED) is 0.497. The number of unbranched alkanes of at least 4 members (excludes halogenated alkanes) is 1. The van der Waals surface area contributed by atoms with Gasteiger partial charge < -0.3 is 19.7 Å². The van der Waals surface area contributed by atoms with Crippen LogP contribution in [0.5, 0.6) is 0 Å². The standard InChI is InChI=1S/C24H38N4O3/c1-17(2)16-28(20-13-19(18(3)29)14-25-15-20)24(30)23-26-21-9-5-6-10-22(21)27(23)11-7-8-12-31-4/h5-6,9-10,17-20,25,29H,7-8,11-16H2,1-4H3/p+1. The summed E-state index contributed by atoms with van der Waals surface area (Å²) < 4.78 is 7.29. The molecular weight excluding hydrogens is 392 g/mol. The summed E-state index contributed by atoms with van der Waals surface area (Å²) in [6.45, 7) is 9.96. The third-order valence-corrected chi connectivity index (χ3v) is 6.32. The molecule has 4 unspecified atom stereocenters. The molecular formula is C24H39N4O3+. The summed E-state index contributed by atoms with van der Waals surface area (Å²) in [4.78, 5) is 19.6. The summed E-state index contributed by atoms with van der Waals surface area (Å²) in [5, 5.41) is 13.6. The molecule has 1 aliphatic rings. The maximum atomic E-state index is 13.9. The van der Waals surface area contributed by atoms with E-state index in [0.717, 1.165) is 68.0 Å². The number of carbonyl (C=O) groups excluding carboxylic acids is 1. The highest BCUT2D eigenvalue weighted by atomic mass is 16.5. The van der Waals surface area contributed by atoms with Crippen molar-refractivity contribution >= 4 is 16.9 Å². The lowest BCUT2D eigenvalue weighted by Gasteiger charge is -2.35. The number of ether oxygens (including phenoxy) is 1. The Morgan fingerprint density at radius 2 is 2.06 bits per heavy atom. The number of carbonyl (C=O) groups is 1. The molecule has 172 valence electrons. The Morgan fingerprint density at radius 1 is 1.29 bits per heavy atom. The van der Waals surface area contributed by atoms with E-state index in [1.165, 1.54) is 0 Å². The highest BCUT2D eigenvalue weighted by molar-refractivity contribution is 5.89. The number of benzene rings is 1. The van der Waals surface area contributed by atoms with Crippen LogP contribution in [0.2, 0.25) is 0 Å². The van der Waals surface area contributed by atoms with Crippen LogP contribution < -0.4 is 10.2 Å². The number of aryl methyl sites for hydroxylation is 1. The van der Waals surface area contributed by atoms with E-state index in [1.54, 1.807) is 7.11 Å². The van der Waals surface area contributed by atoms with Gasteiger partial charge >= 0.3 is 5.91 Å². The first-order valence-electron chi connectivity index (χ1n) is 11.7. The van der Waals surface area contributed by atoms with Crippen LogP contribution in [-0.2, 0) is 11.3 Å². The summed E-state index contributed by atoms with van der Waals surface area (Å²) in [5.74, 6) is 1.16. The average molecular weight is 432 g/mol. The molecule has 31 heavy (non-hydrogen) atoms. The number of piperidine rings is 1. The number of imidazole rings is 1. The predicted molar refractivity (Wildman–Crippen MR) is 122 cm³/mol. The number of para-hydroxylation sites is 2. The van der Waals surface area contributed by atoms with Gasteiger partial charge in [0.05, 0.1) is 23.7 Å². The Hall–Kier alpha value is -1.80. The van der Waals surface area contributed by atoms with Crippen molar-refractivity contribution in [1.82, 2.24) is 14.9 Å². The molecule has 1 aliphatic heterocycles. The summed E-state index contributed by atoms with van der Waals surface area (Å²) in [6.07, 6.45) is 2.34. The van der Waals surface area contributed by atoms with Crippen LogP contribution in [0.15, 0.2) is 24.3 Å². The molecule has 2 heterocycles. The summed E-state index contributed by atoms with van der Waals surface area (Å²) in [6, 6.07) is 8.12. The third-order valence-electron chi connectivity index (χ3n) is 6.32. The van der Waals surface area contributed by atoms with E-state index in [-0.39, 0.29) is 24.0 Å². The molecule has 0 bridgehead atoms. The predicted octanol–water partition coefficient (Wildman–Crippen LogP) is 1.50. The monoisotopic (exact) mass is 431 g/mol. The van der Waals surface area contributed by atoms with E-state index in [0.29, 0.717) is 11.7 Å². The Bertz CT molecular complexity index is 848. The second-order valence-corrected chi connectivity index (χ2v) is 9.32. The highest BCUT2D eigenvalue weighted by Crippen LogP contribution is 2.18. The Labute approximate surface area is 185 Å².